The number of esters is 1. The molecule has 0 aliphatic rings. The van der Waals surface area contributed by atoms with Gasteiger partial charge in [0.2, 0.25) is 0 Å². The van der Waals surface area contributed by atoms with Crippen LogP contribution in [-0.4, -0.2) is 30.0 Å². The molecule has 1 amide bonds. The molecule has 0 bridgehead atoms. The third-order valence-corrected chi connectivity index (χ3v) is 3.89. The van der Waals surface area contributed by atoms with Gasteiger partial charge in [0.05, 0.1) is 29.7 Å². The standard InChI is InChI=1S/C20H22N2O6/c1-12(2)28-18-7-5-6-14(11-18)13(3)21-19(23)15-8-16(20(24)27-4)10-17(9-15)22(25)26/h5-13H,1-4H3,(H,21,23). The fraction of sp³-hybridized carbons (Fsp3) is 0.300. The summed E-state index contributed by atoms with van der Waals surface area (Å²) in [6.07, 6.45) is 0.0155. The Hall–Kier alpha value is -3.42. The summed E-state index contributed by atoms with van der Waals surface area (Å²) in [7, 11) is 1.16. The van der Waals surface area contributed by atoms with Crippen molar-refractivity contribution in [2.75, 3.05) is 7.11 Å². The number of non-ortho nitro benzene ring substituents is 1. The van der Waals surface area contributed by atoms with E-state index < -0.39 is 16.8 Å². The molecule has 0 fully saturated rings. The molecule has 0 aliphatic heterocycles. The van der Waals surface area contributed by atoms with Crippen molar-refractivity contribution in [3.8, 4) is 5.75 Å². The van der Waals surface area contributed by atoms with Crippen LogP contribution in [0.4, 0.5) is 5.69 Å². The number of nitrogens with one attached hydrogen (secondary N) is 1. The topological polar surface area (TPSA) is 108 Å². The van der Waals surface area contributed by atoms with Crippen LogP contribution >= 0.6 is 0 Å². The molecule has 1 unspecified atom stereocenters. The number of nitro groups is 1. The number of nitro benzene ring substituents is 1. The Morgan fingerprint density at radius 1 is 1.07 bits per heavy atom. The maximum atomic E-state index is 12.6. The Balaban J connectivity index is 2.25. The van der Waals surface area contributed by atoms with Gasteiger partial charge in [-0.1, -0.05) is 12.1 Å². The van der Waals surface area contributed by atoms with Gasteiger partial charge in [-0.3, -0.25) is 14.9 Å². The van der Waals surface area contributed by atoms with Gasteiger partial charge in [0, 0.05) is 17.7 Å². The maximum Gasteiger partial charge on any atom is 0.338 e. The minimum Gasteiger partial charge on any atom is -0.491 e. The molecule has 0 spiro atoms. The monoisotopic (exact) mass is 386 g/mol. The fourth-order valence-electron chi connectivity index (χ4n) is 2.58. The predicted molar refractivity (Wildman–Crippen MR) is 103 cm³/mol. The molecule has 1 atom stereocenters. The number of hydrogen-bond acceptors (Lipinski definition) is 6. The van der Waals surface area contributed by atoms with E-state index in [-0.39, 0.29) is 29.0 Å². The average molecular weight is 386 g/mol. The van der Waals surface area contributed by atoms with E-state index in [9.17, 15) is 19.7 Å². The van der Waals surface area contributed by atoms with Crippen molar-refractivity contribution in [1.29, 1.82) is 0 Å². The molecule has 2 rings (SSSR count). The molecule has 8 heteroatoms. The molecule has 148 valence electrons. The Bertz CT molecular complexity index is 894. The van der Waals surface area contributed by atoms with Crippen molar-refractivity contribution < 1.29 is 24.0 Å². The van der Waals surface area contributed by atoms with E-state index in [0.29, 0.717) is 5.75 Å². The number of carbonyl (C=O) groups is 2. The third kappa shape index (κ3) is 5.29. The molecular weight excluding hydrogens is 364 g/mol. The van der Waals surface area contributed by atoms with Crippen molar-refractivity contribution in [3.63, 3.8) is 0 Å². The highest BCUT2D eigenvalue weighted by molar-refractivity contribution is 5.99. The highest BCUT2D eigenvalue weighted by Gasteiger charge is 2.20. The fourth-order valence-corrected chi connectivity index (χ4v) is 2.58. The first-order valence-electron chi connectivity index (χ1n) is 8.66. The van der Waals surface area contributed by atoms with Gasteiger partial charge in [0.15, 0.2) is 0 Å². The quantitative estimate of drug-likeness (QED) is 0.442. The van der Waals surface area contributed by atoms with Crippen LogP contribution in [0.15, 0.2) is 42.5 Å². The molecule has 2 aromatic rings. The molecule has 0 radical (unpaired) electrons. The normalized spacial score (nSPS) is 11.6. The number of carbonyl (C=O) groups excluding carboxylic acids is 2. The van der Waals surface area contributed by atoms with E-state index in [0.717, 1.165) is 24.8 Å². The molecule has 0 aromatic heterocycles. The van der Waals surface area contributed by atoms with Gasteiger partial charge < -0.3 is 14.8 Å². The first-order chi connectivity index (χ1) is 13.2. The van der Waals surface area contributed by atoms with E-state index in [2.05, 4.69) is 10.1 Å². The lowest BCUT2D eigenvalue weighted by atomic mass is 10.1. The summed E-state index contributed by atoms with van der Waals surface area (Å²) < 4.78 is 10.2. The molecule has 8 nitrogen and oxygen atoms in total. The summed E-state index contributed by atoms with van der Waals surface area (Å²) in [6.45, 7) is 5.61. The second-order valence-corrected chi connectivity index (χ2v) is 6.45. The Kier molecular flexibility index (Phi) is 6.70. The van der Waals surface area contributed by atoms with E-state index in [1.165, 1.54) is 6.07 Å². The molecule has 28 heavy (non-hydrogen) atoms. The average Bonchev–Trinajstić information content (AvgIpc) is 2.66. The number of hydrogen-bond donors (Lipinski definition) is 1. The van der Waals surface area contributed by atoms with E-state index in [4.69, 9.17) is 4.74 Å². The van der Waals surface area contributed by atoms with Gasteiger partial charge in [-0.2, -0.15) is 0 Å². The first kappa shape index (κ1) is 20.9. The van der Waals surface area contributed by atoms with E-state index >= 15 is 0 Å². The zero-order chi connectivity index (χ0) is 20.8. The second-order valence-electron chi connectivity index (χ2n) is 6.45. The van der Waals surface area contributed by atoms with Crippen LogP contribution in [0.25, 0.3) is 0 Å². The van der Waals surface area contributed by atoms with E-state index in [1.54, 1.807) is 6.92 Å². The first-order valence-corrected chi connectivity index (χ1v) is 8.66. The lowest BCUT2D eigenvalue weighted by Crippen LogP contribution is -2.27. The van der Waals surface area contributed by atoms with Gasteiger partial charge in [0.25, 0.3) is 11.6 Å². The maximum absolute atomic E-state index is 12.6. The van der Waals surface area contributed by atoms with Crippen molar-refractivity contribution in [2.24, 2.45) is 0 Å². The Morgan fingerprint density at radius 3 is 2.36 bits per heavy atom. The SMILES string of the molecule is COC(=O)c1cc(C(=O)NC(C)c2cccc(OC(C)C)c2)cc([N+](=O)[O-])c1. The van der Waals surface area contributed by atoms with Crippen molar-refractivity contribution in [3.05, 3.63) is 69.3 Å². The summed E-state index contributed by atoms with van der Waals surface area (Å²) >= 11 is 0. The summed E-state index contributed by atoms with van der Waals surface area (Å²) in [5, 5.41) is 13.9. The van der Waals surface area contributed by atoms with Crippen LogP contribution in [0.5, 0.6) is 5.75 Å². The second kappa shape index (κ2) is 8.98. The van der Waals surface area contributed by atoms with Gasteiger partial charge in [-0.25, -0.2) is 4.79 Å². The molecule has 2 aromatic carbocycles. The highest BCUT2D eigenvalue weighted by Crippen LogP contribution is 2.22. The van der Waals surface area contributed by atoms with Crippen LogP contribution in [0.2, 0.25) is 0 Å². The van der Waals surface area contributed by atoms with Crippen molar-refractivity contribution in [2.45, 2.75) is 32.9 Å². The molecular formula is C20H22N2O6. The highest BCUT2D eigenvalue weighted by atomic mass is 16.6. The molecule has 0 saturated carbocycles. The van der Waals surface area contributed by atoms with Crippen molar-refractivity contribution >= 4 is 17.6 Å². The molecule has 0 saturated heterocycles. The zero-order valence-electron chi connectivity index (χ0n) is 16.1. The number of ether oxygens (including phenoxy) is 2. The minimum absolute atomic E-state index is 0.00367. The Morgan fingerprint density at radius 2 is 1.75 bits per heavy atom. The van der Waals surface area contributed by atoms with Crippen LogP contribution in [0.1, 0.15) is 53.1 Å². The number of benzene rings is 2. The summed E-state index contributed by atoms with van der Waals surface area (Å²) in [5.74, 6) is -0.627. The number of amides is 1. The van der Waals surface area contributed by atoms with Gasteiger partial charge >= 0.3 is 5.97 Å². The predicted octanol–water partition coefficient (Wildman–Crippen LogP) is 3.66. The summed E-state index contributed by atoms with van der Waals surface area (Å²) in [5.41, 5.74) is 0.371. The lowest BCUT2D eigenvalue weighted by molar-refractivity contribution is -0.384. The van der Waals surface area contributed by atoms with Crippen LogP contribution in [-0.2, 0) is 4.74 Å². The summed E-state index contributed by atoms with van der Waals surface area (Å²) in [6, 6.07) is 10.4. The number of methoxy groups -OCH3 is 1. The largest absolute Gasteiger partial charge is 0.491 e. The molecule has 0 heterocycles. The summed E-state index contributed by atoms with van der Waals surface area (Å²) in [4.78, 5) is 34.8. The van der Waals surface area contributed by atoms with Crippen LogP contribution < -0.4 is 10.1 Å². The van der Waals surface area contributed by atoms with E-state index in [1.807, 2.05) is 38.1 Å². The number of rotatable bonds is 7. The van der Waals surface area contributed by atoms with Gasteiger partial charge in [-0.05, 0) is 44.5 Å². The third-order valence-electron chi connectivity index (χ3n) is 3.89. The molecule has 1 N–H and O–H groups in total. The van der Waals surface area contributed by atoms with Gasteiger partial charge in [0.1, 0.15) is 5.75 Å². The van der Waals surface area contributed by atoms with Gasteiger partial charge in [-0.15, -0.1) is 0 Å². The number of nitrogens with zero attached hydrogens (tertiary/aromatic N) is 1. The lowest BCUT2D eigenvalue weighted by Gasteiger charge is -2.17. The minimum atomic E-state index is -0.760. The molecule has 0 aliphatic carbocycles. The van der Waals surface area contributed by atoms with Crippen LogP contribution in [0.3, 0.4) is 0 Å². The smallest absolute Gasteiger partial charge is 0.338 e. The Labute approximate surface area is 162 Å². The van der Waals surface area contributed by atoms with Crippen molar-refractivity contribution in [1.82, 2.24) is 5.32 Å². The van der Waals surface area contributed by atoms with Crippen LogP contribution in [0, 0.1) is 10.1 Å². The zero-order valence-corrected chi connectivity index (χ0v) is 16.1.